The molecule has 1 rings (SSSR count). The lowest BCUT2D eigenvalue weighted by Gasteiger charge is -2.38. The van der Waals surface area contributed by atoms with E-state index in [-0.39, 0.29) is 0 Å². The van der Waals surface area contributed by atoms with E-state index in [2.05, 4.69) is 26.1 Å². The highest BCUT2D eigenvalue weighted by molar-refractivity contribution is 4.87. The quantitative estimate of drug-likeness (QED) is 0.683. The Balaban J connectivity index is 2.60. The van der Waals surface area contributed by atoms with Crippen molar-refractivity contribution >= 4 is 0 Å². The summed E-state index contributed by atoms with van der Waals surface area (Å²) in [5.41, 5.74) is 0. The lowest BCUT2D eigenvalue weighted by molar-refractivity contribution is -0.184. The smallest absolute Gasteiger partial charge is 0.313 e. The van der Waals surface area contributed by atoms with Crippen LogP contribution in [0.4, 0.5) is 13.2 Å². The van der Waals surface area contributed by atoms with Crippen molar-refractivity contribution < 1.29 is 13.2 Å². The van der Waals surface area contributed by atoms with Crippen LogP contribution in [0.1, 0.15) is 65.7 Å². The molecule has 1 aliphatic rings. The Morgan fingerprint density at radius 3 is 1.95 bits per heavy atom. The third kappa shape index (κ3) is 4.94. The van der Waals surface area contributed by atoms with Crippen molar-refractivity contribution in [3.63, 3.8) is 0 Å². The summed E-state index contributed by atoms with van der Waals surface area (Å²) < 4.78 is 38.2. The molecule has 0 bridgehead atoms. The van der Waals surface area contributed by atoms with Crippen LogP contribution >= 0.6 is 0 Å². The standard InChI is InChI=1S/C16H30F3N/c1-4-11-20-15(12(5-2)6-3)13-7-9-14(10-8-13)16(17,18)19/h12-15,20H,4-11H2,1-3H3. The average molecular weight is 293 g/mol. The highest BCUT2D eigenvalue weighted by Crippen LogP contribution is 2.41. The molecule has 0 aromatic heterocycles. The summed E-state index contributed by atoms with van der Waals surface area (Å²) in [7, 11) is 0. The molecule has 0 aliphatic heterocycles. The van der Waals surface area contributed by atoms with Gasteiger partial charge in [0.15, 0.2) is 0 Å². The molecule has 1 N–H and O–H groups in total. The molecule has 1 atom stereocenters. The molecule has 0 heterocycles. The Kier molecular flexibility index (Phi) is 7.35. The molecule has 20 heavy (non-hydrogen) atoms. The van der Waals surface area contributed by atoms with E-state index in [1.807, 2.05) is 0 Å². The molecule has 0 spiro atoms. The number of nitrogens with one attached hydrogen (secondary N) is 1. The second kappa shape index (κ2) is 8.26. The van der Waals surface area contributed by atoms with Gasteiger partial charge in [-0.3, -0.25) is 0 Å². The van der Waals surface area contributed by atoms with Crippen LogP contribution in [0.5, 0.6) is 0 Å². The molecule has 1 nitrogen and oxygen atoms in total. The summed E-state index contributed by atoms with van der Waals surface area (Å²) in [6.07, 6.45) is 1.39. The van der Waals surface area contributed by atoms with E-state index in [0.29, 0.717) is 30.7 Å². The second-order valence-corrected chi connectivity index (χ2v) is 6.21. The first-order chi connectivity index (χ1) is 9.43. The first kappa shape index (κ1) is 17.8. The van der Waals surface area contributed by atoms with Crippen molar-refractivity contribution in [3.8, 4) is 0 Å². The maximum atomic E-state index is 12.7. The molecule has 0 saturated heterocycles. The Morgan fingerprint density at radius 2 is 1.55 bits per heavy atom. The lowest BCUT2D eigenvalue weighted by atomic mass is 9.73. The van der Waals surface area contributed by atoms with Crippen molar-refractivity contribution in [3.05, 3.63) is 0 Å². The first-order valence-corrected chi connectivity index (χ1v) is 8.24. The van der Waals surface area contributed by atoms with Crippen LogP contribution in [-0.4, -0.2) is 18.8 Å². The van der Waals surface area contributed by atoms with Crippen LogP contribution in [0.2, 0.25) is 0 Å². The molecule has 1 fully saturated rings. The molecule has 1 saturated carbocycles. The van der Waals surface area contributed by atoms with E-state index in [4.69, 9.17) is 0 Å². The van der Waals surface area contributed by atoms with Gasteiger partial charge in [0.2, 0.25) is 0 Å². The summed E-state index contributed by atoms with van der Waals surface area (Å²) in [5, 5.41) is 3.61. The van der Waals surface area contributed by atoms with Gasteiger partial charge >= 0.3 is 6.18 Å². The molecule has 120 valence electrons. The summed E-state index contributed by atoms with van der Waals surface area (Å²) in [6.45, 7) is 7.49. The number of halogens is 3. The van der Waals surface area contributed by atoms with Crippen molar-refractivity contribution in [2.75, 3.05) is 6.54 Å². The van der Waals surface area contributed by atoms with Gasteiger partial charge in [0.25, 0.3) is 0 Å². The van der Waals surface area contributed by atoms with Crippen LogP contribution in [0.15, 0.2) is 0 Å². The van der Waals surface area contributed by atoms with E-state index < -0.39 is 12.1 Å². The normalized spacial score (nSPS) is 25.9. The van der Waals surface area contributed by atoms with Crippen molar-refractivity contribution in [1.82, 2.24) is 5.32 Å². The fourth-order valence-corrected chi connectivity index (χ4v) is 3.63. The molecular weight excluding hydrogens is 263 g/mol. The largest absolute Gasteiger partial charge is 0.391 e. The van der Waals surface area contributed by atoms with Gasteiger partial charge in [0, 0.05) is 6.04 Å². The zero-order valence-electron chi connectivity index (χ0n) is 13.1. The molecule has 4 heteroatoms. The maximum Gasteiger partial charge on any atom is 0.391 e. The second-order valence-electron chi connectivity index (χ2n) is 6.21. The number of rotatable bonds is 7. The summed E-state index contributed by atoms with van der Waals surface area (Å²) in [4.78, 5) is 0. The van der Waals surface area contributed by atoms with Crippen molar-refractivity contribution in [1.29, 1.82) is 0 Å². The van der Waals surface area contributed by atoms with E-state index in [1.165, 1.54) is 0 Å². The van der Waals surface area contributed by atoms with Crippen LogP contribution in [0.25, 0.3) is 0 Å². The molecule has 1 aliphatic carbocycles. The molecule has 0 aromatic rings. The van der Waals surface area contributed by atoms with Gasteiger partial charge < -0.3 is 5.32 Å². The first-order valence-electron chi connectivity index (χ1n) is 8.24. The minimum absolute atomic E-state index is 0.318. The zero-order chi connectivity index (χ0) is 15.2. The minimum Gasteiger partial charge on any atom is -0.313 e. The fourth-order valence-electron chi connectivity index (χ4n) is 3.63. The predicted octanol–water partition coefficient (Wildman–Crippen LogP) is 5.16. The molecule has 0 radical (unpaired) electrons. The Hall–Kier alpha value is -0.250. The van der Waals surface area contributed by atoms with Crippen molar-refractivity contribution in [2.24, 2.45) is 17.8 Å². The van der Waals surface area contributed by atoms with E-state index in [1.54, 1.807) is 0 Å². The summed E-state index contributed by atoms with van der Waals surface area (Å²) in [5.74, 6) is -0.0497. The summed E-state index contributed by atoms with van der Waals surface area (Å²) >= 11 is 0. The van der Waals surface area contributed by atoms with Crippen LogP contribution in [-0.2, 0) is 0 Å². The number of alkyl halides is 3. The molecule has 0 aromatic carbocycles. The Bertz CT molecular complexity index is 253. The van der Waals surface area contributed by atoms with Crippen LogP contribution in [0, 0.1) is 17.8 Å². The van der Waals surface area contributed by atoms with Gasteiger partial charge in [-0.1, -0.05) is 33.6 Å². The highest BCUT2D eigenvalue weighted by Gasteiger charge is 2.43. The summed E-state index contributed by atoms with van der Waals surface area (Å²) in [6, 6.07) is 0.402. The SMILES string of the molecule is CCCNC(C(CC)CC)C1CCC(C(F)(F)F)CC1. The van der Waals surface area contributed by atoms with Gasteiger partial charge in [0.1, 0.15) is 0 Å². The predicted molar refractivity (Wildman–Crippen MR) is 77.7 cm³/mol. The van der Waals surface area contributed by atoms with Crippen molar-refractivity contribution in [2.45, 2.75) is 77.9 Å². The highest BCUT2D eigenvalue weighted by atomic mass is 19.4. The van der Waals surface area contributed by atoms with Gasteiger partial charge in [-0.2, -0.15) is 13.2 Å². The average Bonchev–Trinajstić information content (AvgIpc) is 2.43. The number of hydrogen-bond acceptors (Lipinski definition) is 1. The molecule has 1 unspecified atom stereocenters. The van der Waals surface area contributed by atoms with E-state index >= 15 is 0 Å². The van der Waals surface area contributed by atoms with Crippen LogP contribution in [0.3, 0.4) is 0 Å². The maximum absolute atomic E-state index is 12.7. The Labute approximate surface area is 121 Å². The minimum atomic E-state index is -3.99. The number of hydrogen-bond donors (Lipinski definition) is 1. The van der Waals surface area contributed by atoms with Crippen LogP contribution < -0.4 is 5.32 Å². The van der Waals surface area contributed by atoms with E-state index in [9.17, 15) is 13.2 Å². The lowest BCUT2D eigenvalue weighted by Crippen LogP contribution is -2.44. The third-order valence-electron chi connectivity index (χ3n) is 4.93. The van der Waals surface area contributed by atoms with Gasteiger partial charge in [0.05, 0.1) is 5.92 Å². The molecular formula is C16H30F3N. The zero-order valence-corrected chi connectivity index (χ0v) is 13.1. The third-order valence-corrected chi connectivity index (χ3v) is 4.93. The van der Waals surface area contributed by atoms with E-state index in [0.717, 1.165) is 38.6 Å². The van der Waals surface area contributed by atoms with Gasteiger partial charge in [-0.05, 0) is 50.5 Å². The van der Waals surface area contributed by atoms with Gasteiger partial charge in [-0.15, -0.1) is 0 Å². The molecule has 0 amide bonds. The monoisotopic (exact) mass is 293 g/mol. The Morgan fingerprint density at radius 1 is 1.00 bits per heavy atom. The fraction of sp³-hybridized carbons (Fsp3) is 1.00. The topological polar surface area (TPSA) is 12.0 Å². The van der Waals surface area contributed by atoms with Gasteiger partial charge in [-0.25, -0.2) is 0 Å².